The number of nitriles is 1. The highest BCUT2D eigenvalue weighted by molar-refractivity contribution is 6.00. The fourth-order valence-corrected chi connectivity index (χ4v) is 3.65. The summed E-state index contributed by atoms with van der Waals surface area (Å²) in [4.78, 5) is 36.8. The average Bonchev–Trinajstić information content (AvgIpc) is 2.86. The third-order valence-electron chi connectivity index (χ3n) is 5.13. The lowest BCUT2D eigenvalue weighted by Crippen LogP contribution is -2.33. The van der Waals surface area contributed by atoms with E-state index in [-0.39, 0.29) is 53.6 Å². The average molecular weight is 477 g/mol. The number of nitro benzene ring substituents is 1. The number of hydrogen-bond acceptors (Lipinski definition) is 9. The van der Waals surface area contributed by atoms with Gasteiger partial charge >= 0.3 is 11.9 Å². The molecule has 1 aliphatic rings. The summed E-state index contributed by atoms with van der Waals surface area (Å²) in [6, 6.07) is 16.4. The van der Waals surface area contributed by atoms with Gasteiger partial charge in [-0.2, -0.15) is 5.26 Å². The van der Waals surface area contributed by atoms with E-state index in [0.29, 0.717) is 5.75 Å². The topological polar surface area (TPSA) is 141 Å². The minimum atomic E-state index is -1.12. The third-order valence-corrected chi connectivity index (χ3v) is 5.13. The van der Waals surface area contributed by atoms with Crippen molar-refractivity contribution in [3.8, 4) is 11.8 Å². The molecule has 3 rings (SSSR count). The monoisotopic (exact) mass is 477 g/mol. The molecule has 1 aliphatic heterocycles. The first-order chi connectivity index (χ1) is 16.9. The van der Waals surface area contributed by atoms with E-state index in [2.05, 4.69) is 5.32 Å². The predicted molar refractivity (Wildman–Crippen MR) is 124 cm³/mol. The lowest BCUT2D eigenvalue weighted by molar-refractivity contribution is -0.384. The van der Waals surface area contributed by atoms with Crippen LogP contribution in [0.25, 0.3) is 0 Å². The molecule has 10 nitrogen and oxygen atoms in total. The molecule has 0 spiro atoms. The van der Waals surface area contributed by atoms with E-state index in [9.17, 15) is 25.0 Å². The molecule has 0 saturated heterocycles. The molecule has 0 amide bonds. The van der Waals surface area contributed by atoms with Crippen molar-refractivity contribution in [2.24, 2.45) is 0 Å². The quantitative estimate of drug-likeness (QED) is 0.248. The number of hydrogen-bond donors (Lipinski definition) is 1. The Bertz CT molecular complexity index is 1230. The molecular weight excluding hydrogens is 454 g/mol. The van der Waals surface area contributed by atoms with Crippen LogP contribution in [0.4, 0.5) is 5.69 Å². The van der Waals surface area contributed by atoms with E-state index in [1.54, 1.807) is 26.0 Å². The number of nitro groups is 1. The van der Waals surface area contributed by atoms with Gasteiger partial charge in [-0.15, -0.1) is 0 Å². The van der Waals surface area contributed by atoms with E-state index in [1.165, 1.54) is 24.3 Å². The van der Waals surface area contributed by atoms with Crippen molar-refractivity contribution >= 4 is 17.6 Å². The van der Waals surface area contributed by atoms with Crippen LogP contribution >= 0.6 is 0 Å². The van der Waals surface area contributed by atoms with Crippen molar-refractivity contribution < 1.29 is 28.7 Å². The normalized spacial score (nSPS) is 15.1. The van der Waals surface area contributed by atoms with Gasteiger partial charge in [-0.25, -0.2) is 9.59 Å². The highest BCUT2D eigenvalue weighted by atomic mass is 16.6. The molecule has 35 heavy (non-hydrogen) atoms. The minimum Gasteiger partial charge on any atom is -0.490 e. The maximum Gasteiger partial charge on any atom is 0.337 e. The molecule has 0 fully saturated rings. The number of carbonyl (C=O) groups is 2. The van der Waals surface area contributed by atoms with E-state index in [1.807, 2.05) is 24.3 Å². The molecule has 2 aromatic carbocycles. The number of esters is 2. The maximum absolute atomic E-state index is 13.2. The largest absolute Gasteiger partial charge is 0.490 e. The summed E-state index contributed by atoms with van der Waals surface area (Å²) in [6.45, 7) is 3.19. The van der Waals surface area contributed by atoms with Gasteiger partial charge in [0.15, 0.2) is 0 Å². The van der Waals surface area contributed by atoms with Crippen molar-refractivity contribution in [1.82, 2.24) is 5.32 Å². The molecule has 0 saturated carbocycles. The Morgan fingerprint density at radius 1 is 1.06 bits per heavy atom. The molecule has 10 heteroatoms. The SMILES string of the molecule is CCOC(=O)C1=C(C#N)NC(C)=C(C(=O)OCCOc2ccccc2)C1c1cccc([N+](=O)[O-])c1. The standard InChI is InChI=1S/C25H23N3O7/c1-3-33-25(30)23-20(15-26)27-16(2)21(22(23)17-8-7-9-18(14-17)28(31)32)24(29)35-13-12-34-19-10-5-4-6-11-19/h4-11,14,22,27H,3,12-13H2,1-2H3. The summed E-state index contributed by atoms with van der Waals surface area (Å²) in [6.07, 6.45) is 0. The summed E-state index contributed by atoms with van der Waals surface area (Å²) in [5, 5.41) is 23.8. The van der Waals surface area contributed by atoms with Gasteiger partial charge in [-0.1, -0.05) is 30.3 Å². The number of nitrogens with zero attached hydrogens (tertiary/aromatic N) is 2. The van der Waals surface area contributed by atoms with Gasteiger partial charge in [-0.3, -0.25) is 10.1 Å². The van der Waals surface area contributed by atoms with Crippen LogP contribution in [0.3, 0.4) is 0 Å². The van der Waals surface area contributed by atoms with Gasteiger partial charge in [0.25, 0.3) is 5.69 Å². The molecule has 1 heterocycles. The van der Waals surface area contributed by atoms with E-state index < -0.39 is 22.8 Å². The van der Waals surface area contributed by atoms with Crippen LogP contribution in [0, 0.1) is 21.4 Å². The number of rotatable bonds is 9. The number of ether oxygens (including phenoxy) is 3. The lowest BCUT2D eigenvalue weighted by Gasteiger charge is -2.29. The Kier molecular flexibility index (Phi) is 8.19. The van der Waals surface area contributed by atoms with Crippen LogP contribution in [-0.4, -0.2) is 36.7 Å². The number of non-ortho nitro benzene ring substituents is 1. The zero-order valence-electron chi connectivity index (χ0n) is 19.1. The molecule has 180 valence electrons. The van der Waals surface area contributed by atoms with Gasteiger partial charge in [0, 0.05) is 17.8 Å². The first-order valence-corrected chi connectivity index (χ1v) is 10.8. The van der Waals surface area contributed by atoms with Gasteiger partial charge in [-0.05, 0) is 31.5 Å². The zero-order valence-corrected chi connectivity index (χ0v) is 19.1. The number of dihydropyridines is 1. The number of allylic oxidation sites excluding steroid dienone is 2. The van der Waals surface area contributed by atoms with Crippen LogP contribution in [0.1, 0.15) is 25.3 Å². The molecule has 0 bridgehead atoms. The van der Waals surface area contributed by atoms with Gasteiger partial charge in [0.2, 0.25) is 0 Å². The molecule has 1 unspecified atom stereocenters. The number of benzene rings is 2. The fraction of sp³-hybridized carbons (Fsp3) is 0.240. The van der Waals surface area contributed by atoms with Gasteiger partial charge < -0.3 is 19.5 Å². The zero-order chi connectivity index (χ0) is 25.4. The predicted octanol–water partition coefficient (Wildman–Crippen LogP) is 3.52. The van der Waals surface area contributed by atoms with Crippen LogP contribution in [0.15, 0.2) is 77.1 Å². The number of para-hydroxylation sites is 1. The first-order valence-electron chi connectivity index (χ1n) is 10.8. The molecule has 2 aromatic rings. The molecule has 0 aromatic heterocycles. The van der Waals surface area contributed by atoms with Gasteiger partial charge in [0.1, 0.15) is 30.7 Å². The van der Waals surface area contributed by atoms with Crippen molar-refractivity contribution in [1.29, 1.82) is 5.26 Å². The number of carbonyl (C=O) groups excluding carboxylic acids is 2. The minimum absolute atomic E-state index is 0.0298. The Balaban J connectivity index is 1.95. The molecule has 0 aliphatic carbocycles. The highest BCUT2D eigenvalue weighted by Crippen LogP contribution is 2.40. The Morgan fingerprint density at radius 3 is 2.43 bits per heavy atom. The van der Waals surface area contributed by atoms with E-state index >= 15 is 0 Å². The van der Waals surface area contributed by atoms with Crippen molar-refractivity contribution in [2.45, 2.75) is 19.8 Å². The summed E-state index contributed by atoms with van der Waals surface area (Å²) >= 11 is 0. The van der Waals surface area contributed by atoms with E-state index in [4.69, 9.17) is 14.2 Å². The highest BCUT2D eigenvalue weighted by Gasteiger charge is 2.39. The molecule has 0 radical (unpaired) electrons. The van der Waals surface area contributed by atoms with Gasteiger partial charge in [0.05, 0.1) is 28.6 Å². The number of nitrogens with one attached hydrogen (secondary N) is 1. The Morgan fingerprint density at radius 2 is 1.77 bits per heavy atom. The summed E-state index contributed by atoms with van der Waals surface area (Å²) < 4.78 is 16.1. The first kappa shape index (κ1) is 25.0. The second-order valence-electron chi connectivity index (χ2n) is 7.37. The molecular formula is C25H23N3O7. The van der Waals surface area contributed by atoms with Crippen LogP contribution in [0.5, 0.6) is 5.75 Å². The van der Waals surface area contributed by atoms with Crippen molar-refractivity contribution in [2.75, 3.05) is 19.8 Å². The van der Waals surface area contributed by atoms with Crippen LogP contribution in [-0.2, 0) is 19.1 Å². The van der Waals surface area contributed by atoms with Crippen LogP contribution in [0.2, 0.25) is 0 Å². The summed E-state index contributed by atoms with van der Waals surface area (Å²) in [5.74, 6) is -2.09. The second-order valence-corrected chi connectivity index (χ2v) is 7.37. The smallest absolute Gasteiger partial charge is 0.337 e. The molecule has 1 N–H and O–H groups in total. The third kappa shape index (κ3) is 5.83. The lowest BCUT2D eigenvalue weighted by atomic mass is 9.80. The summed E-state index contributed by atoms with van der Waals surface area (Å²) in [7, 11) is 0. The Labute approximate surface area is 201 Å². The summed E-state index contributed by atoms with van der Waals surface area (Å²) in [5.41, 5.74) is 0.106. The second kappa shape index (κ2) is 11.5. The fourth-order valence-electron chi connectivity index (χ4n) is 3.65. The maximum atomic E-state index is 13.2. The van der Waals surface area contributed by atoms with Crippen molar-refractivity contribution in [3.63, 3.8) is 0 Å². The Hall–Kier alpha value is -4.65. The van der Waals surface area contributed by atoms with Crippen LogP contribution < -0.4 is 10.1 Å². The molecule has 1 atom stereocenters. The van der Waals surface area contributed by atoms with Crippen molar-refractivity contribution in [3.05, 3.63) is 92.8 Å². The van der Waals surface area contributed by atoms with E-state index in [0.717, 1.165) is 0 Å².